The molecular weight excluding hydrogens is 299 g/mol. The quantitative estimate of drug-likeness (QED) is 0.840. The molecule has 1 fully saturated rings. The number of hydrogen-bond donors (Lipinski definition) is 2. The van der Waals surface area contributed by atoms with Crippen LogP contribution in [-0.2, 0) is 6.18 Å². The molecule has 0 radical (unpaired) electrons. The normalized spacial score (nSPS) is 19.1. The first-order valence-electron chi connectivity index (χ1n) is 6.97. The van der Waals surface area contributed by atoms with Gasteiger partial charge in [0.05, 0.1) is 11.7 Å². The second kappa shape index (κ2) is 6.58. The van der Waals surface area contributed by atoms with Crippen molar-refractivity contribution in [3.63, 3.8) is 0 Å². The van der Waals surface area contributed by atoms with Crippen LogP contribution in [0.2, 0.25) is 0 Å². The number of rotatable bonds is 6. The van der Waals surface area contributed by atoms with Crippen LogP contribution >= 0.6 is 11.8 Å². The molecular formula is C15H20F3NOS. The molecule has 2 rings (SSSR count). The zero-order valence-electron chi connectivity index (χ0n) is 11.9. The third-order valence-corrected chi connectivity index (χ3v) is 5.52. The summed E-state index contributed by atoms with van der Waals surface area (Å²) in [6.07, 6.45) is 0.564. The van der Waals surface area contributed by atoms with Crippen molar-refractivity contribution < 1.29 is 18.3 Å². The van der Waals surface area contributed by atoms with Crippen LogP contribution in [0.25, 0.3) is 0 Å². The third-order valence-electron chi connectivity index (χ3n) is 4.11. The Morgan fingerprint density at radius 1 is 1.29 bits per heavy atom. The summed E-state index contributed by atoms with van der Waals surface area (Å²) in [5.41, 5.74) is -0.190. The molecule has 2 nitrogen and oxygen atoms in total. The summed E-state index contributed by atoms with van der Waals surface area (Å²) in [6, 6.07) is 4.69. The van der Waals surface area contributed by atoms with E-state index in [1.54, 1.807) is 0 Å². The fourth-order valence-corrected chi connectivity index (χ4v) is 3.42. The number of alkyl halides is 3. The van der Waals surface area contributed by atoms with Crippen LogP contribution in [0, 0.1) is 0 Å². The van der Waals surface area contributed by atoms with E-state index in [1.807, 2.05) is 11.8 Å². The van der Waals surface area contributed by atoms with Crippen LogP contribution in [0.15, 0.2) is 24.3 Å². The average molecular weight is 319 g/mol. The topological polar surface area (TPSA) is 32.3 Å². The zero-order valence-corrected chi connectivity index (χ0v) is 12.7. The Labute approximate surface area is 127 Å². The van der Waals surface area contributed by atoms with E-state index in [-0.39, 0.29) is 4.75 Å². The Morgan fingerprint density at radius 2 is 1.90 bits per heavy atom. The fourth-order valence-electron chi connectivity index (χ4n) is 2.47. The van der Waals surface area contributed by atoms with Gasteiger partial charge < -0.3 is 10.4 Å². The number of hydrogen-bond acceptors (Lipinski definition) is 3. The Morgan fingerprint density at radius 3 is 2.33 bits per heavy atom. The highest BCUT2D eigenvalue weighted by Crippen LogP contribution is 2.42. The van der Waals surface area contributed by atoms with Gasteiger partial charge in [-0.2, -0.15) is 24.9 Å². The number of benzene rings is 1. The standard InChI is InChI=1S/C15H20F3NOS/c1-21-14(7-2-8-14)10-19-9-13(20)11-3-5-12(6-4-11)15(16,17)18/h3-6,13,19-20H,2,7-10H2,1H3. The molecule has 0 spiro atoms. The Hall–Kier alpha value is -0.720. The van der Waals surface area contributed by atoms with E-state index in [9.17, 15) is 18.3 Å². The van der Waals surface area contributed by atoms with E-state index in [4.69, 9.17) is 0 Å². The van der Waals surface area contributed by atoms with E-state index >= 15 is 0 Å². The van der Waals surface area contributed by atoms with Crippen molar-refractivity contribution in [2.45, 2.75) is 36.3 Å². The maximum atomic E-state index is 12.5. The third kappa shape index (κ3) is 4.14. The van der Waals surface area contributed by atoms with Crippen molar-refractivity contribution >= 4 is 11.8 Å². The maximum absolute atomic E-state index is 12.5. The lowest BCUT2D eigenvalue weighted by Gasteiger charge is -2.40. The molecule has 1 aliphatic carbocycles. The molecule has 0 heterocycles. The van der Waals surface area contributed by atoms with Gasteiger partial charge in [-0.3, -0.25) is 0 Å². The smallest absolute Gasteiger partial charge is 0.387 e. The molecule has 1 saturated carbocycles. The highest BCUT2D eigenvalue weighted by Gasteiger charge is 2.35. The van der Waals surface area contributed by atoms with Gasteiger partial charge in [-0.15, -0.1) is 0 Å². The Balaban J connectivity index is 1.84. The minimum atomic E-state index is -4.34. The van der Waals surface area contributed by atoms with Crippen LogP contribution in [0.1, 0.15) is 36.5 Å². The summed E-state index contributed by atoms with van der Waals surface area (Å²) >= 11 is 1.84. The number of thioether (sulfide) groups is 1. The number of aliphatic hydroxyl groups is 1. The van der Waals surface area contributed by atoms with E-state index in [0.717, 1.165) is 18.7 Å². The lowest BCUT2D eigenvalue weighted by Crippen LogP contribution is -2.44. The zero-order chi connectivity index (χ0) is 15.5. The SMILES string of the molecule is CSC1(CNCC(O)c2ccc(C(F)(F)F)cc2)CCC1. The predicted octanol–water partition coefficient (Wildman–Crippen LogP) is 3.61. The van der Waals surface area contributed by atoms with Crippen LogP contribution in [0.4, 0.5) is 13.2 Å². The van der Waals surface area contributed by atoms with Crippen LogP contribution in [0.3, 0.4) is 0 Å². The molecule has 118 valence electrons. The highest BCUT2D eigenvalue weighted by atomic mass is 32.2. The summed E-state index contributed by atoms with van der Waals surface area (Å²) in [5, 5.41) is 13.3. The van der Waals surface area contributed by atoms with Gasteiger partial charge in [-0.1, -0.05) is 18.6 Å². The van der Waals surface area contributed by atoms with Crippen molar-refractivity contribution in [1.82, 2.24) is 5.32 Å². The first kappa shape index (κ1) is 16.6. The molecule has 0 bridgehead atoms. The lowest BCUT2D eigenvalue weighted by molar-refractivity contribution is -0.137. The number of nitrogens with one attached hydrogen (secondary N) is 1. The van der Waals surface area contributed by atoms with Gasteiger partial charge in [0.1, 0.15) is 0 Å². The van der Waals surface area contributed by atoms with Crippen LogP contribution in [0.5, 0.6) is 0 Å². The van der Waals surface area contributed by atoms with E-state index in [2.05, 4.69) is 11.6 Å². The second-order valence-corrected chi connectivity index (χ2v) is 6.78. The van der Waals surface area contributed by atoms with Crippen molar-refractivity contribution in [2.75, 3.05) is 19.3 Å². The minimum absolute atomic E-state index is 0.278. The fraction of sp³-hybridized carbons (Fsp3) is 0.600. The molecule has 1 atom stereocenters. The predicted molar refractivity (Wildman–Crippen MR) is 79.4 cm³/mol. The van der Waals surface area contributed by atoms with Crippen LogP contribution in [-0.4, -0.2) is 29.2 Å². The summed E-state index contributed by atoms with van der Waals surface area (Å²) in [4.78, 5) is 0. The van der Waals surface area contributed by atoms with Gasteiger partial charge in [0, 0.05) is 17.8 Å². The molecule has 21 heavy (non-hydrogen) atoms. The molecule has 0 amide bonds. The van der Waals surface area contributed by atoms with Crippen molar-refractivity contribution in [1.29, 1.82) is 0 Å². The van der Waals surface area contributed by atoms with Crippen molar-refractivity contribution in [3.05, 3.63) is 35.4 Å². The molecule has 2 N–H and O–H groups in total. The van der Waals surface area contributed by atoms with Gasteiger partial charge >= 0.3 is 6.18 Å². The molecule has 0 saturated heterocycles. The van der Waals surface area contributed by atoms with Crippen LogP contribution < -0.4 is 5.32 Å². The Kier molecular flexibility index (Phi) is 5.22. The van der Waals surface area contributed by atoms with E-state index in [0.29, 0.717) is 12.1 Å². The van der Waals surface area contributed by atoms with Crippen molar-refractivity contribution in [2.24, 2.45) is 0 Å². The summed E-state index contributed by atoms with van der Waals surface area (Å²) < 4.78 is 37.7. The van der Waals surface area contributed by atoms with Gasteiger partial charge in [-0.05, 0) is 36.8 Å². The second-order valence-electron chi connectivity index (χ2n) is 5.51. The van der Waals surface area contributed by atoms with Gasteiger partial charge in [0.25, 0.3) is 0 Å². The van der Waals surface area contributed by atoms with Gasteiger partial charge in [0.2, 0.25) is 0 Å². The van der Waals surface area contributed by atoms with E-state index < -0.39 is 17.8 Å². The number of halogens is 3. The first-order valence-corrected chi connectivity index (χ1v) is 8.20. The summed E-state index contributed by atoms with van der Waals surface area (Å²) in [6.45, 7) is 1.18. The lowest BCUT2D eigenvalue weighted by atomic mass is 9.84. The highest BCUT2D eigenvalue weighted by molar-refractivity contribution is 8.00. The maximum Gasteiger partial charge on any atom is 0.416 e. The Bertz CT molecular complexity index is 451. The molecule has 1 aliphatic rings. The average Bonchev–Trinajstić information content (AvgIpc) is 2.41. The van der Waals surface area contributed by atoms with Gasteiger partial charge in [-0.25, -0.2) is 0 Å². The minimum Gasteiger partial charge on any atom is -0.387 e. The molecule has 6 heteroatoms. The largest absolute Gasteiger partial charge is 0.416 e. The summed E-state index contributed by atoms with van der Waals surface area (Å²) in [7, 11) is 0. The summed E-state index contributed by atoms with van der Waals surface area (Å²) in [5.74, 6) is 0. The van der Waals surface area contributed by atoms with Gasteiger partial charge in [0.15, 0.2) is 0 Å². The van der Waals surface area contributed by atoms with E-state index in [1.165, 1.54) is 31.4 Å². The molecule has 0 aliphatic heterocycles. The number of aliphatic hydroxyl groups excluding tert-OH is 1. The molecule has 1 aromatic carbocycles. The van der Waals surface area contributed by atoms with Crippen molar-refractivity contribution in [3.8, 4) is 0 Å². The molecule has 0 aromatic heterocycles. The monoisotopic (exact) mass is 319 g/mol. The first-order chi connectivity index (χ1) is 9.86. The molecule has 1 aromatic rings. The molecule has 1 unspecified atom stereocenters.